The normalized spacial score (nSPS) is 15.1. The molecule has 1 aliphatic heterocycles. The molecule has 4 rings (SSSR count). The number of halogens is 1. The first-order valence-electron chi connectivity index (χ1n) is 10.9. The molecular formula is C26H24ClN3O4. The number of aromatic nitrogens is 1. The Hall–Kier alpha value is -3.84. The van der Waals surface area contributed by atoms with Crippen molar-refractivity contribution in [1.82, 2.24) is 9.88 Å². The molecule has 1 aromatic heterocycles. The van der Waals surface area contributed by atoms with Gasteiger partial charge in [0.2, 0.25) is 0 Å². The van der Waals surface area contributed by atoms with Crippen LogP contribution in [0.5, 0.6) is 5.75 Å². The fraction of sp³-hybridized carbons (Fsp3) is 0.192. The first-order valence-corrected chi connectivity index (χ1v) is 11.2. The number of hydrogen-bond acceptors (Lipinski definition) is 4. The molecule has 2 aromatic carbocycles. The molecule has 0 radical (unpaired) electrons. The van der Waals surface area contributed by atoms with E-state index in [1.54, 1.807) is 18.2 Å². The summed E-state index contributed by atoms with van der Waals surface area (Å²) in [4.78, 5) is 39.0. The minimum atomic E-state index is -0.810. The van der Waals surface area contributed by atoms with Gasteiger partial charge in [0.1, 0.15) is 11.3 Å². The number of rotatable bonds is 7. The second-order valence-corrected chi connectivity index (χ2v) is 8.44. The Morgan fingerprint density at radius 2 is 1.79 bits per heavy atom. The van der Waals surface area contributed by atoms with Gasteiger partial charge in [0.15, 0.2) is 0 Å². The summed E-state index contributed by atoms with van der Waals surface area (Å²) in [6, 6.07) is 15.5. The lowest BCUT2D eigenvalue weighted by Gasteiger charge is -2.26. The lowest BCUT2D eigenvalue weighted by Crippen LogP contribution is -2.54. The minimum Gasteiger partial charge on any atom is -0.494 e. The van der Waals surface area contributed by atoms with Crippen molar-refractivity contribution in [2.24, 2.45) is 0 Å². The molecule has 8 heteroatoms. The summed E-state index contributed by atoms with van der Waals surface area (Å²) < 4.78 is 7.70. The molecule has 0 aliphatic carbocycles. The number of anilines is 1. The molecule has 1 fully saturated rings. The van der Waals surface area contributed by atoms with Crippen molar-refractivity contribution in [3.8, 4) is 5.75 Å². The van der Waals surface area contributed by atoms with Gasteiger partial charge < -0.3 is 9.30 Å². The third-order valence-electron chi connectivity index (χ3n) is 5.51. The average molecular weight is 478 g/mol. The molecule has 0 spiro atoms. The van der Waals surface area contributed by atoms with Crippen molar-refractivity contribution >= 4 is 41.2 Å². The Kier molecular flexibility index (Phi) is 6.84. The molecule has 0 unspecified atom stereocenters. The number of carbonyl (C=O) groups excluding carboxylic acids is 3. The highest BCUT2D eigenvalue weighted by Crippen LogP contribution is 2.26. The third-order valence-corrected chi connectivity index (χ3v) is 5.91. The van der Waals surface area contributed by atoms with E-state index in [0.717, 1.165) is 22.6 Å². The fourth-order valence-electron chi connectivity index (χ4n) is 3.58. The van der Waals surface area contributed by atoms with E-state index < -0.39 is 17.8 Å². The Labute approximate surface area is 202 Å². The van der Waals surface area contributed by atoms with Crippen molar-refractivity contribution < 1.29 is 19.1 Å². The second kappa shape index (κ2) is 9.97. The number of ether oxygens (including phenoxy) is 1. The van der Waals surface area contributed by atoms with Crippen LogP contribution in [0.25, 0.3) is 6.08 Å². The third kappa shape index (κ3) is 5.05. The topological polar surface area (TPSA) is 80.6 Å². The summed E-state index contributed by atoms with van der Waals surface area (Å²) in [5, 5.41) is 2.65. The Balaban J connectivity index is 1.48. The molecule has 1 saturated heterocycles. The molecule has 4 amide bonds. The van der Waals surface area contributed by atoms with Crippen LogP contribution in [0.1, 0.15) is 23.2 Å². The predicted octanol–water partition coefficient (Wildman–Crippen LogP) is 4.89. The predicted molar refractivity (Wildman–Crippen MR) is 131 cm³/mol. The van der Waals surface area contributed by atoms with E-state index in [9.17, 15) is 14.4 Å². The smallest absolute Gasteiger partial charge is 0.335 e. The molecule has 0 saturated carbocycles. The highest BCUT2D eigenvalue weighted by Gasteiger charge is 2.37. The number of hydrogen-bond donors (Lipinski definition) is 1. The SMILES string of the molecule is Cc1ccc(OCCCn2cccc2/C=C2/C(=O)NC(=O)N(c3ccc(C)c(Cl)c3)C2=O)cc1. The summed E-state index contributed by atoms with van der Waals surface area (Å²) in [7, 11) is 0. The number of nitrogens with zero attached hydrogens (tertiary/aromatic N) is 2. The van der Waals surface area contributed by atoms with Gasteiger partial charge >= 0.3 is 6.03 Å². The zero-order valence-corrected chi connectivity index (χ0v) is 19.6. The molecule has 1 N–H and O–H groups in total. The first kappa shape index (κ1) is 23.3. The van der Waals surface area contributed by atoms with Gasteiger partial charge in [0.25, 0.3) is 11.8 Å². The minimum absolute atomic E-state index is 0.132. The summed E-state index contributed by atoms with van der Waals surface area (Å²) in [6.45, 7) is 4.99. The number of barbiturate groups is 1. The van der Waals surface area contributed by atoms with Crippen molar-refractivity contribution in [2.75, 3.05) is 11.5 Å². The standard InChI is InChI=1S/C26H24ClN3O4/c1-17-6-10-21(11-7-17)34-14-4-13-29-12-3-5-19(29)15-22-24(31)28-26(33)30(25(22)32)20-9-8-18(2)23(27)16-20/h3,5-12,15-16H,4,13-14H2,1-2H3,(H,28,31,33)/b22-15-. The van der Waals surface area contributed by atoms with E-state index in [2.05, 4.69) is 5.32 Å². The van der Waals surface area contributed by atoms with Crippen LogP contribution >= 0.6 is 11.6 Å². The molecule has 3 aromatic rings. The van der Waals surface area contributed by atoms with Gasteiger partial charge in [-0.1, -0.05) is 35.4 Å². The average Bonchev–Trinajstić information content (AvgIpc) is 3.24. The van der Waals surface area contributed by atoms with Gasteiger partial charge in [0, 0.05) is 23.5 Å². The second-order valence-electron chi connectivity index (χ2n) is 8.03. The number of carbonyl (C=O) groups is 3. The lowest BCUT2D eigenvalue weighted by molar-refractivity contribution is -0.122. The fourth-order valence-corrected chi connectivity index (χ4v) is 3.76. The van der Waals surface area contributed by atoms with Gasteiger partial charge in [-0.3, -0.25) is 14.9 Å². The zero-order valence-electron chi connectivity index (χ0n) is 18.9. The van der Waals surface area contributed by atoms with E-state index in [1.165, 1.54) is 17.7 Å². The molecule has 174 valence electrons. The van der Waals surface area contributed by atoms with Crippen LogP contribution < -0.4 is 15.0 Å². The van der Waals surface area contributed by atoms with Gasteiger partial charge in [-0.25, -0.2) is 9.69 Å². The van der Waals surface area contributed by atoms with E-state index >= 15 is 0 Å². The van der Waals surface area contributed by atoms with Gasteiger partial charge in [-0.2, -0.15) is 0 Å². The van der Waals surface area contributed by atoms with Crippen molar-refractivity contribution in [1.29, 1.82) is 0 Å². The highest BCUT2D eigenvalue weighted by molar-refractivity contribution is 6.39. The molecule has 0 bridgehead atoms. The number of nitrogens with one attached hydrogen (secondary N) is 1. The van der Waals surface area contributed by atoms with E-state index in [-0.39, 0.29) is 5.57 Å². The number of aryl methyl sites for hydroxylation is 3. The monoisotopic (exact) mass is 477 g/mol. The molecular weight excluding hydrogens is 454 g/mol. The Morgan fingerprint density at radius 3 is 2.53 bits per heavy atom. The van der Waals surface area contributed by atoms with Crippen LogP contribution in [0, 0.1) is 13.8 Å². The van der Waals surface area contributed by atoms with Crippen LogP contribution in [0.3, 0.4) is 0 Å². The quantitative estimate of drug-likeness (QED) is 0.298. The maximum atomic E-state index is 13.1. The molecule has 0 atom stereocenters. The Morgan fingerprint density at radius 1 is 1.03 bits per heavy atom. The van der Waals surface area contributed by atoms with E-state index in [0.29, 0.717) is 29.6 Å². The number of urea groups is 1. The number of amides is 4. The van der Waals surface area contributed by atoms with Gasteiger partial charge in [-0.05, 0) is 68.3 Å². The lowest BCUT2D eigenvalue weighted by atomic mass is 10.1. The number of imide groups is 2. The van der Waals surface area contributed by atoms with E-state index in [1.807, 2.05) is 54.9 Å². The zero-order chi connectivity index (χ0) is 24.2. The van der Waals surface area contributed by atoms with Gasteiger partial charge in [0.05, 0.1) is 12.3 Å². The highest BCUT2D eigenvalue weighted by atomic mass is 35.5. The Bertz CT molecular complexity index is 1280. The molecule has 34 heavy (non-hydrogen) atoms. The van der Waals surface area contributed by atoms with Crippen LogP contribution in [0.15, 0.2) is 66.4 Å². The number of benzene rings is 2. The molecule has 7 nitrogen and oxygen atoms in total. The molecule has 1 aliphatic rings. The summed E-state index contributed by atoms with van der Waals surface area (Å²) in [5.74, 6) is -0.630. The summed E-state index contributed by atoms with van der Waals surface area (Å²) in [6.07, 6.45) is 4.09. The summed E-state index contributed by atoms with van der Waals surface area (Å²) in [5.41, 5.74) is 2.81. The maximum Gasteiger partial charge on any atom is 0.335 e. The van der Waals surface area contributed by atoms with Crippen molar-refractivity contribution in [2.45, 2.75) is 26.8 Å². The van der Waals surface area contributed by atoms with Crippen LogP contribution in [-0.4, -0.2) is 29.0 Å². The first-order chi connectivity index (χ1) is 16.3. The van der Waals surface area contributed by atoms with Crippen LogP contribution in [0.2, 0.25) is 5.02 Å². The van der Waals surface area contributed by atoms with Crippen LogP contribution in [-0.2, 0) is 16.1 Å². The summed E-state index contributed by atoms with van der Waals surface area (Å²) >= 11 is 6.17. The van der Waals surface area contributed by atoms with Gasteiger partial charge in [-0.15, -0.1) is 0 Å². The van der Waals surface area contributed by atoms with E-state index in [4.69, 9.17) is 16.3 Å². The maximum absolute atomic E-state index is 13.1. The largest absolute Gasteiger partial charge is 0.494 e. The molecule has 2 heterocycles. The van der Waals surface area contributed by atoms with Crippen LogP contribution in [0.4, 0.5) is 10.5 Å². The van der Waals surface area contributed by atoms with Crippen molar-refractivity contribution in [3.05, 3.63) is 88.2 Å². The van der Waals surface area contributed by atoms with Crippen molar-refractivity contribution in [3.63, 3.8) is 0 Å².